The van der Waals surface area contributed by atoms with Crippen molar-refractivity contribution in [3.05, 3.63) is 28.8 Å². The van der Waals surface area contributed by atoms with Crippen molar-refractivity contribution in [2.75, 3.05) is 20.2 Å². The van der Waals surface area contributed by atoms with Crippen molar-refractivity contribution in [1.29, 1.82) is 0 Å². The summed E-state index contributed by atoms with van der Waals surface area (Å²) in [7, 11) is 1.56. The largest absolute Gasteiger partial charge is 0.482 e. The van der Waals surface area contributed by atoms with Crippen LogP contribution in [0.1, 0.15) is 12.5 Å². The molecule has 1 aromatic carbocycles. The third kappa shape index (κ3) is 4.63. The minimum absolute atomic E-state index is 0.0250. The van der Waals surface area contributed by atoms with Crippen LogP contribution < -0.4 is 15.4 Å². The maximum Gasteiger partial charge on any atom is 0.257 e. The van der Waals surface area contributed by atoms with Gasteiger partial charge in [-0.3, -0.25) is 4.79 Å². The summed E-state index contributed by atoms with van der Waals surface area (Å²) < 4.78 is 5.28. The van der Waals surface area contributed by atoms with Gasteiger partial charge in [0.05, 0.1) is 5.02 Å². The number of benzene rings is 1. The van der Waals surface area contributed by atoms with Crippen LogP contribution in [0.3, 0.4) is 0 Å². The Morgan fingerprint density at radius 1 is 1.47 bits per heavy atom. The van der Waals surface area contributed by atoms with Gasteiger partial charge in [-0.2, -0.15) is 0 Å². The van der Waals surface area contributed by atoms with E-state index in [0.29, 0.717) is 10.8 Å². The normalized spacial score (nSPS) is 10.1. The summed E-state index contributed by atoms with van der Waals surface area (Å²) in [6.45, 7) is 3.70. The SMILES string of the molecule is CCNCc1ccc(OCC(=O)NC)c(Cl)c1. The van der Waals surface area contributed by atoms with Gasteiger partial charge in [0, 0.05) is 13.6 Å². The summed E-state index contributed by atoms with van der Waals surface area (Å²) in [5.74, 6) is 0.341. The van der Waals surface area contributed by atoms with Gasteiger partial charge in [-0.05, 0) is 24.2 Å². The van der Waals surface area contributed by atoms with Gasteiger partial charge in [-0.15, -0.1) is 0 Å². The summed E-state index contributed by atoms with van der Waals surface area (Å²) in [6, 6.07) is 5.54. The monoisotopic (exact) mass is 256 g/mol. The summed E-state index contributed by atoms with van der Waals surface area (Å²) >= 11 is 6.05. The maximum absolute atomic E-state index is 11.0. The van der Waals surface area contributed by atoms with Crippen LogP contribution in [0.25, 0.3) is 0 Å². The molecular formula is C12H17ClN2O2. The molecule has 0 aliphatic carbocycles. The molecule has 0 unspecified atom stereocenters. The average molecular weight is 257 g/mol. The zero-order valence-electron chi connectivity index (χ0n) is 10.0. The lowest BCUT2D eigenvalue weighted by atomic mass is 10.2. The van der Waals surface area contributed by atoms with Gasteiger partial charge in [0.15, 0.2) is 6.61 Å². The highest BCUT2D eigenvalue weighted by molar-refractivity contribution is 6.32. The molecule has 1 amide bonds. The van der Waals surface area contributed by atoms with E-state index in [2.05, 4.69) is 10.6 Å². The zero-order valence-corrected chi connectivity index (χ0v) is 10.8. The van der Waals surface area contributed by atoms with Crippen molar-refractivity contribution >= 4 is 17.5 Å². The molecule has 2 N–H and O–H groups in total. The first-order valence-electron chi connectivity index (χ1n) is 5.50. The topological polar surface area (TPSA) is 50.4 Å². The highest BCUT2D eigenvalue weighted by Gasteiger charge is 2.05. The molecule has 0 heterocycles. The molecule has 0 atom stereocenters. The van der Waals surface area contributed by atoms with Crippen molar-refractivity contribution in [3.8, 4) is 5.75 Å². The lowest BCUT2D eigenvalue weighted by Crippen LogP contribution is -2.24. The number of amides is 1. The van der Waals surface area contributed by atoms with E-state index in [1.165, 1.54) is 0 Å². The van der Waals surface area contributed by atoms with Crippen molar-refractivity contribution in [2.24, 2.45) is 0 Å². The van der Waals surface area contributed by atoms with Gasteiger partial charge < -0.3 is 15.4 Å². The van der Waals surface area contributed by atoms with E-state index in [0.717, 1.165) is 18.7 Å². The molecule has 1 rings (SSSR count). The Balaban J connectivity index is 2.59. The molecule has 0 aliphatic rings. The van der Waals surface area contributed by atoms with Crippen molar-refractivity contribution in [2.45, 2.75) is 13.5 Å². The quantitative estimate of drug-likeness (QED) is 0.813. The number of hydrogen-bond donors (Lipinski definition) is 2. The van der Waals surface area contributed by atoms with Gasteiger partial charge in [0.25, 0.3) is 5.91 Å². The molecule has 94 valence electrons. The maximum atomic E-state index is 11.0. The minimum Gasteiger partial charge on any atom is -0.482 e. The molecule has 0 saturated heterocycles. The number of carbonyl (C=O) groups excluding carboxylic acids is 1. The van der Waals surface area contributed by atoms with E-state index in [-0.39, 0.29) is 12.5 Å². The fourth-order valence-electron chi connectivity index (χ4n) is 1.26. The van der Waals surface area contributed by atoms with Gasteiger partial charge in [-0.1, -0.05) is 24.6 Å². The molecule has 0 radical (unpaired) electrons. The third-order valence-corrected chi connectivity index (χ3v) is 2.51. The molecule has 0 spiro atoms. The molecular weight excluding hydrogens is 240 g/mol. The molecule has 5 heteroatoms. The van der Waals surface area contributed by atoms with E-state index in [1.807, 2.05) is 19.1 Å². The number of likely N-dealkylation sites (N-methyl/N-ethyl adjacent to an activating group) is 1. The smallest absolute Gasteiger partial charge is 0.257 e. The minimum atomic E-state index is -0.183. The van der Waals surface area contributed by atoms with Gasteiger partial charge in [0.1, 0.15) is 5.75 Å². The lowest BCUT2D eigenvalue weighted by Gasteiger charge is -2.09. The van der Waals surface area contributed by atoms with Crippen LogP contribution in [-0.4, -0.2) is 26.1 Å². The predicted molar refractivity (Wildman–Crippen MR) is 68.4 cm³/mol. The van der Waals surface area contributed by atoms with Gasteiger partial charge >= 0.3 is 0 Å². The molecule has 4 nitrogen and oxygen atoms in total. The van der Waals surface area contributed by atoms with E-state index in [9.17, 15) is 4.79 Å². The Hall–Kier alpha value is -1.26. The van der Waals surface area contributed by atoms with E-state index in [4.69, 9.17) is 16.3 Å². The summed E-state index contributed by atoms with van der Waals surface area (Å²) in [4.78, 5) is 11.0. The second-order valence-corrected chi connectivity index (χ2v) is 3.91. The summed E-state index contributed by atoms with van der Waals surface area (Å²) in [5.41, 5.74) is 1.09. The number of carbonyl (C=O) groups is 1. The predicted octanol–water partition coefficient (Wildman–Crippen LogP) is 1.57. The number of ether oxygens (including phenoxy) is 1. The van der Waals surface area contributed by atoms with Gasteiger partial charge in [0.2, 0.25) is 0 Å². The first-order chi connectivity index (χ1) is 8.17. The highest BCUT2D eigenvalue weighted by atomic mass is 35.5. The van der Waals surface area contributed by atoms with Crippen LogP contribution in [0.4, 0.5) is 0 Å². The second-order valence-electron chi connectivity index (χ2n) is 3.51. The standard InChI is InChI=1S/C12H17ClN2O2/c1-3-15-7-9-4-5-11(10(13)6-9)17-8-12(16)14-2/h4-6,15H,3,7-8H2,1-2H3,(H,14,16). The molecule has 0 bridgehead atoms. The number of halogens is 1. The molecule has 0 aliphatic heterocycles. The van der Waals surface area contributed by atoms with Crippen LogP contribution in [0.2, 0.25) is 5.02 Å². The molecule has 0 aromatic heterocycles. The van der Waals surface area contributed by atoms with Crippen LogP contribution in [0, 0.1) is 0 Å². The third-order valence-electron chi connectivity index (χ3n) is 2.21. The van der Waals surface area contributed by atoms with E-state index < -0.39 is 0 Å². The number of rotatable bonds is 6. The fourth-order valence-corrected chi connectivity index (χ4v) is 1.51. The fraction of sp³-hybridized carbons (Fsp3) is 0.417. The molecule has 0 saturated carbocycles. The van der Waals surface area contributed by atoms with Crippen molar-refractivity contribution < 1.29 is 9.53 Å². The molecule has 0 fully saturated rings. The Labute approximate surface area is 106 Å². The van der Waals surface area contributed by atoms with E-state index in [1.54, 1.807) is 13.1 Å². The van der Waals surface area contributed by atoms with Crippen LogP contribution in [0.15, 0.2) is 18.2 Å². The first-order valence-corrected chi connectivity index (χ1v) is 5.87. The Kier molecular flexibility index (Phi) is 5.80. The summed E-state index contributed by atoms with van der Waals surface area (Å²) in [6.07, 6.45) is 0. The number of hydrogen-bond acceptors (Lipinski definition) is 3. The second kappa shape index (κ2) is 7.14. The first kappa shape index (κ1) is 13.8. The number of nitrogens with one attached hydrogen (secondary N) is 2. The average Bonchev–Trinajstić information content (AvgIpc) is 2.34. The summed E-state index contributed by atoms with van der Waals surface area (Å²) in [5, 5.41) is 6.20. The molecule has 17 heavy (non-hydrogen) atoms. The Morgan fingerprint density at radius 3 is 2.82 bits per heavy atom. The van der Waals surface area contributed by atoms with Gasteiger partial charge in [-0.25, -0.2) is 0 Å². The van der Waals surface area contributed by atoms with Crippen LogP contribution >= 0.6 is 11.6 Å². The highest BCUT2D eigenvalue weighted by Crippen LogP contribution is 2.25. The van der Waals surface area contributed by atoms with Crippen LogP contribution in [0.5, 0.6) is 5.75 Å². The Morgan fingerprint density at radius 2 is 2.24 bits per heavy atom. The van der Waals surface area contributed by atoms with Crippen molar-refractivity contribution in [3.63, 3.8) is 0 Å². The van der Waals surface area contributed by atoms with Crippen LogP contribution in [-0.2, 0) is 11.3 Å². The lowest BCUT2D eigenvalue weighted by molar-refractivity contribution is -0.122. The Bertz CT molecular complexity index is 383. The van der Waals surface area contributed by atoms with Crippen molar-refractivity contribution in [1.82, 2.24) is 10.6 Å². The van der Waals surface area contributed by atoms with E-state index >= 15 is 0 Å². The zero-order chi connectivity index (χ0) is 12.7. The molecule has 1 aromatic rings.